The van der Waals surface area contributed by atoms with E-state index in [9.17, 15) is 0 Å². The van der Waals surface area contributed by atoms with E-state index < -0.39 is 0 Å². The molecule has 0 radical (unpaired) electrons. The fourth-order valence-corrected chi connectivity index (χ4v) is 0.879. The summed E-state index contributed by atoms with van der Waals surface area (Å²) in [5.74, 6) is 1.58. The molecule has 0 aromatic carbocycles. The van der Waals surface area contributed by atoms with Crippen molar-refractivity contribution in [3.8, 4) is 0 Å². The average molecular weight is 184 g/mol. The summed E-state index contributed by atoms with van der Waals surface area (Å²) in [6.45, 7) is 4.15. The Morgan fingerprint density at radius 2 is 1.38 bits per heavy atom. The second-order valence-electron chi connectivity index (χ2n) is 2.56. The molecule has 3 heteroatoms. The SMILES string of the molecule is CC/C=C(\NC)O/C(=C/CC)NC. The molecular formula is C10H20N2O. The standard InChI is InChI=1S/C10H20N2O/c1-5-7-9(11-3)13-10(12-4)8-6-2/h7-8,11-12H,5-6H2,1-4H3/b9-7+,10-8+. The van der Waals surface area contributed by atoms with Gasteiger partial charge in [-0.3, -0.25) is 0 Å². The van der Waals surface area contributed by atoms with Gasteiger partial charge in [-0.25, -0.2) is 0 Å². The van der Waals surface area contributed by atoms with Gasteiger partial charge in [-0.05, 0) is 25.0 Å². The van der Waals surface area contributed by atoms with Crippen molar-refractivity contribution < 1.29 is 4.74 Å². The third kappa shape index (κ3) is 5.17. The predicted octanol–water partition coefficient (Wildman–Crippen LogP) is 1.94. The smallest absolute Gasteiger partial charge is 0.191 e. The first-order valence-corrected chi connectivity index (χ1v) is 4.72. The monoisotopic (exact) mass is 184 g/mol. The maximum Gasteiger partial charge on any atom is 0.191 e. The van der Waals surface area contributed by atoms with E-state index in [0.29, 0.717) is 0 Å². The molecule has 13 heavy (non-hydrogen) atoms. The van der Waals surface area contributed by atoms with Crippen LogP contribution in [0.5, 0.6) is 0 Å². The molecule has 0 aromatic rings. The Labute approximate surface area is 80.9 Å². The first kappa shape index (κ1) is 11.9. The van der Waals surface area contributed by atoms with Crippen molar-refractivity contribution in [2.24, 2.45) is 0 Å². The summed E-state index contributed by atoms with van der Waals surface area (Å²) < 4.78 is 5.53. The maximum atomic E-state index is 5.53. The molecule has 0 aliphatic carbocycles. The minimum Gasteiger partial charge on any atom is -0.426 e. The molecule has 0 aliphatic rings. The molecule has 0 saturated carbocycles. The normalized spacial score (nSPS) is 12.6. The fourth-order valence-electron chi connectivity index (χ4n) is 0.879. The maximum absolute atomic E-state index is 5.53. The van der Waals surface area contributed by atoms with Gasteiger partial charge >= 0.3 is 0 Å². The number of hydrogen-bond acceptors (Lipinski definition) is 3. The van der Waals surface area contributed by atoms with Crippen molar-refractivity contribution in [1.29, 1.82) is 0 Å². The third-order valence-corrected chi connectivity index (χ3v) is 1.49. The van der Waals surface area contributed by atoms with Crippen LogP contribution in [0, 0.1) is 0 Å². The second kappa shape index (κ2) is 7.53. The van der Waals surface area contributed by atoms with Gasteiger partial charge in [0, 0.05) is 14.1 Å². The van der Waals surface area contributed by atoms with Crippen LogP contribution in [-0.2, 0) is 4.74 Å². The second-order valence-corrected chi connectivity index (χ2v) is 2.56. The molecule has 0 spiro atoms. The number of allylic oxidation sites excluding steroid dienone is 2. The molecule has 0 unspecified atom stereocenters. The highest BCUT2D eigenvalue weighted by molar-refractivity contribution is 4.98. The largest absolute Gasteiger partial charge is 0.426 e. The van der Waals surface area contributed by atoms with Crippen LogP contribution >= 0.6 is 0 Å². The zero-order valence-corrected chi connectivity index (χ0v) is 8.98. The Kier molecular flexibility index (Phi) is 6.88. The van der Waals surface area contributed by atoms with Crippen molar-refractivity contribution in [3.63, 3.8) is 0 Å². The van der Waals surface area contributed by atoms with Gasteiger partial charge in [0.1, 0.15) is 0 Å². The van der Waals surface area contributed by atoms with Crippen LogP contribution in [0.15, 0.2) is 23.9 Å². The van der Waals surface area contributed by atoms with Crippen LogP contribution in [-0.4, -0.2) is 14.1 Å². The molecule has 0 bridgehead atoms. The third-order valence-electron chi connectivity index (χ3n) is 1.49. The highest BCUT2D eigenvalue weighted by Crippen LogP contribution is 2.02. The summed E-state index contributed by atoms with van der Waals surface area (Å²) in [4.78, 5) is 0. The van der Waals surface area contributed by atoms with E-state index in [2.05, 4.69) is 24.5 Å². The molecule has 0 heterocycles. The Morgan fingerprint density at radius 1 is 1.00 bits per heavy atom. The molecule has 0 amide bonds. The Hall–Kier alpha value is -1.12. The highest BCUT2D eigenvalue weighted by atomic mass is 16.5. The Balaban J connectivity index is 4.19. The first-order valence-electron chi connectivity index (χ1n) is 4.72. The average Bonchev–Trinajstić information content (AvgIpc) is 2.16. The van der Waals surface area contributed by atoms with Crippen molar-refractivity contribution in [2.45, 2.75) is 26.7 Å². The first-order chi connectivity index (χ1) is 6.28. The van der Waals surface area contributed by atoms with Crippen LogP contribution in [0.2, 0.25) is 0 Å². The quantitative estimate of drug-likeness (QED) is 0.619. The van der Waals surface area contributed by atoms with E-state index in [0.717, 1.165) is 24.6 Å². The summed E-state index contributed by atoms with van der Waals surface area (Å²) in [7, 11) is 3.70. The van der Waals surface area contributed by atoms with Crippen LogP contribution in [0.4, 0.5) is 0 Å². The molecule has 0 fully saturated rings. The molecule has 0 saturated heterocycles. The molecule has 0 aliphatic heterocycles. The van der Waals surface area contributed by atoms with E-state index in [1.54, 1.807) is 0 Å². The zero-order valence-electron chi connectivity index (χ0n) is 8.98. The number of rotatable bonds is 6. The van der Waals surface area contributed by atoms with E-state index in [4.69, 9.17) is 4.74 Å². The highest BCUT2D eigenvalue weighted by Gasteiger charge is 1.97. The molecule has 2 N–H and O–H groups in total. The lowest BCUT2D eigenvalue weighted by Gasteiger charge is -2.11. The van der Waals surface area contributed by atoms with Crippen LogP contribution in [0.1, 0.15) is 26.7 Å². The summed E-state index contributed by atoms with van der Waals surface area (Å²) in [5.41, 5.74) is 0. The van der Waals surface area contributed by atoms with E-state index >= 15 is 0 Å². The summed E-state index contributed by atoms with van der Waals surface area (Å²) in [6, 6.07) is 0. The fraction of sp³-hybridized carbons (Fsp3) is 0.600. The topological polar surface area (TPSA) is 33.3 Å². The lowest BCUT2D eigenvalue weighted by molar-refractivity contribution is 0.257. The molecule has 3 nitrogen and oxygen atoms in total. The van der Waals surface area contributed by atoms with Crippen molar-refractivity contribution >= 4 is 0 Å². The van der Waals surface area contributed by atoms with E-state index in [1.165, 1.54) is 0 Å². The number of ether oxygens (including phenoxy) is 1. The molecule has 76 valence electrons. The number of hydrogen-bond donors (Lipinski definition) is 2. The van der Waals surface area contributed by atoms with Crippen LogP contribution in [0.3, 0.4) is 0 Å². The van der Waals surface area contributed by atoms with Gasteiger partial charge in [-0.2, -0.15) is 0 Å². The lowest BCUT2D eigenvalue weighted by atomic mass is 10.4. The zero-order chi connectivity index (χ0) is 10.1. The van der Waals surface area contributed by atoms with Crippen molar-refractivity contribution in [2.75, 3.05) is 14.1 Å². The summed E-state index contributed by atoms with van der Waals surface area (Å²) in [6.07, 6.45) is 5.92. The van der Waals surface area contributed by atoms with Gasteiger partial charge in [-0.15, -0.1) is 0 Å². The van der Waals surface area contributed by atoms with Gasteiger partial charge < -0.3 is 15.4 Å². The van der Waals surface area contributed by atoms with Crippen LogP contribution in [0.25, 0.3) is 0 Å². The number of nitrogens with one attached hydrogen (secondary N) is 2. The summed E-state index contributed by atoms with van der Waals surface area (Å²) in [5, 5.41) is 5.97. The minimum atomic E-state index is 0.788. The molecule has 0 atom stereocenters. The van der Waals surface area contributed by atoms with E-state index in [-0.39, 0.29) is 0 Å². The molecular weight excluding hydrogens is 164 g/mol. The van der Waals surface area contributed by atoms with Gasteiger partial charge in [0.25, 0.3) is 0 Å². The van der Waals surface area contributed by atoms with Gasteiger partial charge in [-0.1, -0.05) is 13.8 Å². The predicted molar refractivity (Wildman–Crippen MR) is 56.0 cm³/mol. The van der Waals surface area contributed by atoms with Crippen molar-refractivity contribution in [1.82, 2.24) is 10.6 Å². The molecule has 0 aromatic heterocycles. The Bertz CT molecular complexity index is 165. The van der Waals surface area contributed by atoms with Gasteiger partial charge in [0.05, 0.1) is 0 Å². The Morgan fingerprint density at radius 3 is 1.62 bits per heavy atom. The summed E-state index contributed by atoms with van der Waals surface area (Å²) >= 11 is 0. The van der Waals surface area contributed by atoms with Crippen molar-refractivity contribution in [3.05, 3.63) is 23.9 Å². The molecule has 0 rings (SSSR count). The van der Waals surface area contributed by atoms with Gasteiger partial charge in [0.15, 0.2) is 11.8 Å². The van der Waals surface area contributed by atoms with Crippen LogP contribution < -0.4 is 10.6 Å². The van der Waals surface area contributed by atoms with E-state index in [1.807, 2.05) is 26.2 Å². The van der Waals surface area contributed by atoms with Gasteiger partial charge in [0.2, 0.25) is 0 Å². The minimum absolute atomic E-state index is 0.788. The lowest BCUT2D eigenvalue weighted by Crippen LogP contribution is -2.15.